The van der Waals surface area contributed by atoms with E-state index in [1.807, 2.05) is 22.7 Å². The predicted octanol–water partition coefficient (Wildman–Crippen LogP) is 15.9. The number of rotatable bonds is 5. The molecule has 0 amide bonds. The summed E-state index contributed by atoms with van der Waals surface area (Å²) >= 11 is 3.67. The SMILES string of the molecule is c1ccc(-c2c3ccccc3c(-c3ccccc3-c3nc(-c4cccc5c4sc4ccccc45)cc(-c4cccc5c4sc4ccccc45)n3)c3ccccc23)cc1. The molecule has 3 aromatic heterocycles. The van der Waals surface area contributed by atoms with Gasteiger partial charge in [-0.15, -0.1) is 22.7 Å². The smallest absolute Gasteiger partial charge is 0.161 e. The van der Waals surface area contributed by atoms with E-state index < -0.39 is 0 Å². The van der Waals surface area contributed by atoms with Gasteiger partial charge in [0, 0.05) is 57.0 Å². The fourth-order valence-corrected chi connectivity index (χ4v) is 11.4. The molecule has 12 rings (SSSR count). The van der Waals surface area contributed by atoms with Crippen LogP contribution in [-0.2, 0) is 0 Å². The van der Waals surface area contributed by atoms with Crippen molar-refractivity contribution in [2.45, 2.75) is 0 Å². The van der Waals surface area contributed by atoms with Crippen LogP contribution >= 0.6 is 22.7 Å². The maximum atomic E-state index is 5.55. The summed E-state index contributed by atoms with van der Waals surface area (Å²) in [4.78, 5) is 11.1. The molecule has 0 fully saturated rings. The number of benzene rings is 9. The van der Waals surface area contributed by atoms with Crippen molar-refractivity contribution in [1.29, 1.82) is 0 Å². The van der Waals surface area contributed by atoms with Gasteiger partial charge < -0.3 is 0 Å². The maximum absolute atomic E-state index is 5.55. The largest absolute Gasteiger partial charge is 0.228 e. The Balaban J connectivity index is 1.16. The van der Waals surface area contributed by atoms with Crippen molar-refractivity contribution in [2.24, 2.45) is 0 Å². The van der Waals surface area contributed by atoms with Gasteiger partial charge in [0.15, 0.2) is 5.82 Å². The van der Waals surface area contributed by atoms with Crippen molar-refractivity contribution >= 4 is 84.6 Å². The van der Waals surface area contributed by atoms with Crippen LogP contribution in [0.2, 0.25) is 0 Å². The van der Waals surface area contributed by atoms with Gasteiger partial charge in [0.1, 0.15) is 0 Å². The molecule has 0 aliphatic heterocycles. The zero-order chi connectivity index (χ0) is 38.2. The van der Waals surface area contributed by atoms with Crippen LogP contribution in [0.25, 0.3) is 118 Å². The molecule has 4 heteroatoms. The zero-order valence-corrected chi connectivity index (χ0v) is 32.8. The molecule has 58 heavy (non-hydrogen) atoms. The van der Waals surface area contributed by atoms with Gasteiger partial charge in [-0.25, -0.2) is 9.97 Å². The Labute approximate surface area is 343 Å². The second kappa shape index (κ2) is 13.3. The van der Waals surface area contributed by atoms with E-state index in [-0.39, 0.29) is 0 Å². The molecule has 0 N–H and O–H groups in total. The Morgan fingerprint density at radius 2 is 0.690 bits per heavy atom. The number of thiophene rings is 2. The molecule has 2 nitrogen and oxygen atoms in total. The Hall–Kier alpha value is -6.98. The molecule has 3 heterocycles. The van der Waals surface area contributed by atoms with Crippen LogP contribution in [0.5, 0.6) is 0 Å². The third-order valence-corrected chi connectivity index (χ3v) is 14.0. The molecule has 0 atom stereocenters. The van der Waals surface area contributed by atoms with Crippen LogP contribution in [0, 0.1) is 0 Å². The highest BCUT2D eigenvalue weighted by Gasteiger charge is 2.22. The summed E-state index contributed by atoms with van der Waals surface area (Å²) in [6, 6.07) is 70.1. The third-order valence-electron chi connectivity index (χ3n) is 11.5. The Bertz CT molecular complexity index is 3390. The molecule has 0 bridgehead atoms. The second-order valence-electron chi connectivity index (χ2n) is 14.8. The lowest BCUT2D eigenvalue weighted by molar-refractivity contribution is 1.19. The summed E-state index contributed by atoms with van der Waals surface area (Å²) in [6.45, 7) is 0. The highest BCUT2D eigenvalue weighted by Crippen LogP contribution is 2.47. The highest BCUT2D eigenvalue weighted by molar-refractivity contribution is 7.26. The monoisotopic (exact) mass is 772 g/mol. The normalized spacial score (nSPS) is 11.8. The van der Waals surface area contributed by atoms with E-state index in [0.717, 1.165) is 33.6 Å². The first kappa shape index (κ1) is 33.2. The lowest BCUT2D eigenvalue weighted by Gasteiger charge is -2.19. The van der Waals surface area contributed by atoms with Crippen molar-refractivity contribution in [3.8, 4) is 56.2 Å². The van der Waals surface area contributed by atoms with Gasteiger partial charge in [0.2, 0.25) is 0 Å². The van der Waals surface area contributed by atoms with Gasteiger partial charge in [0.05, 0.1) is 11.4 Å². The molecule has 0 aliphatic carbocycles. The summed E-state index contributed by atoms with van der Waals surface area (Å²) in [5, 5.41) is 9.91. The van der Waals surface area contributed by atoms with Crippen LogP contribution in [0.3, 0.4) is 0 Å². The number of aromatic nitrogens is 2. The van der Waals surface area contributed by atoms with Crippen LogP contribution in [0.1, 0.15) is 0 Å². The minimum absolute atomic E-state index is 0.708. The standard InChI is InChI=1S/C54H32N2S2/c1-2-16-33(17-3-1)50-36-20-4-6-22-38(36)51(39-23-7-5-21-37(39)50)40-24-8-9-25-43(40)54-55-46(44-28-14-26-41-34-18-10-12-30-48(34)57-52(41)44)32-47(56-54)45-29-15-27-42-35-19-11-13-31-49(35)58-53(42)45/h1-32H. The highest BCUT2D eigenvalue weighted by atomic mass is 32.1. The lowest BCUT2D eigenvalue weighted by Crippen LogP contribution is -1.98. The Morgan fingerprint density at radius 3 is 1.22 bits per heavy atom. The van der Waals surface area contributed by atoms with Crippen molar-refractivity contribution < 1.29 is 0 Å². The van der Waals surface area contributed by atoms with E-state index in [1.165, 1.54) is 78.6 Å². The van der Waals surface area contributed by atoms with Gasteiger partial charge in [-0.05, 0) is 62.0 Å². The van der Waals surface area contributed by atoms with Gasteiger partial charge in [0.25, 0.3) is 0 Å². The molecule has 0 spiro atoms. The van der Waals surface area contributed by atoms with Crippen LogP contribution in [0.15, 0.2) is 194 Å². The fourth-order valence-electron chi connectivity index (χ4n) is 8.97. The van der Waals surface area contributed by atoms with Crippen LogP contribution in [0.4, 0.5) is 0 Å². The van der Waals surface area contributed by atoms with Crippen molar-refractivity contribution in [3.63, 3.8) is 0 Å². The van der Waals surface area contributed by atoms with Gasteiger partial charge >= 0.3 is 0 Å². The molecular weight excluding hydrogens is 741 g/mol. The molecule has 0 saturated carbocycles. The predicted molar refractivity (Wildman–Crippen MR) is 250 cm³/mol. The van der Waals surface area contributed by atoms with E-state index >= 15 is 0 Å². The van der Waals surface area contributed by atoms with Gasteiger partial charge in [-0.1, -0.05) is 176 Å². The molecule has 0 radical (unpaired) electrons. The topological polar surface area (TPSA) is 25.8 Å². The fraction of sp³-hybridized carbons (Fsp3) is 0. The number of hydrogen-bond donors (Lipinski definition) is 0. The molecule has 0 unspecified atom stereocenters. The van der Waals surface area contributed by atoms with Crippen molar-refractivity contribution in [3.05, 3.63) is 194 Å². The minimum Gasteiger partial charge on any atom is -0.228 e. The van der Waals surface area contributed by atoms with Gasteiger partial charge in [-0.2, -0.15) is 0 Å². The third kappa shape index (κ3) is 5.16. The quantitative estimate of drug-likeness (QED) is 0.163. The second-order valence-corrected chi connectivity index (χ2v) is 16.9. The maximum Gasteiger partial charge on any atom is 0.161 e. The first-order valence-corrected chi connectivity index (χ1v) is 21.2. The average molecular weight is 773 g/mol. The average Bonchev–Trinajstić information content (AvgIpc) is 3.87. The van der Waals surface area contributed by atoms with Crippen LogP contribution in [-0.4, -0.2) is 9.97 Å². The molecule has 12 aromatic rings. The lowest BCUT2D eigenvalue weighted by atomic mass is 9.84. The van der Waals surface area contributed by atoms with E-state index in [4.69, 9.17) is 9.97 Å². The number of nitrogens with zero attached hydrogens (tertiary/aromatic N) is 2. The first-order valence-electron chi connectivity index (χ1n) is 19.6. The Kier molecular flexibility index (Phi) is 7.62. The molecule has 270 valence electrons. The molecule has 9 aromatic carbocycles. The zero-order valence-electron chi connectivity index (χ0n) is 31.2. The summed E-state index contributed by atoms with van der Waals surface area (Å²) in [6.07, 6.45) is 0. The van der Waals surface area contributed by atoms with Crippen molar-refractivity contribution in [2.75, 3.05) is 0 Å². The first-order chi connectivity index (χ1) is 28.8. The minimum atomic E-state index is 0.708. The van der Waals surface area contributed by atoms with Crippen LogP contribution < -0.4 is 0 Å². The summed E-state index contributed by atoms with van der Waals surface area (Å²) < 4.78 is 5.03. The van der Waals surface area contributed by atoms with Crippen molar-refractivity contribution in [1.82, 2.24) is 9.97 Å². The number of fused-ring (bicyclic) bond motifs is 8. The van der Waals surface area contributed by atoms with E-state index in [1.54, 1.807) is 0 Å². The van der Waals surface area contributed by atoms with E-state index in [9.17, 15) is 0 Å². The summed E-state index contributed by atoms with van der Waals surface area (Å²) in [7, 11) is 0. The Morgan fingerprint density at radius 1 is 0.293 bits per heavy atom. The summed E-state index contributed by atoms with van der Waals surface area (Å²) in [5.74, 6) is 0.708. The van der Waals surface area contributed by atoms with E-state index in [0.29, 0.717) is 5.82 Å². The molecule has 0 saturated heterocycles. The molecular formula is C54H32N2S2. The molecule has 0 aliphatic rings. The van der Waals surface area contributed by atoms with Gasteiger partial charge in [-0.3, -0.25) is 0 Å². The summed E-state index contributed by atoms with van der Waals surface area (Å²) in [5.41, 5.74) is 9.83. The number of hydrogen-bond acceptors (Lipinski definition) is 4. The van der Waals surface area contributed by atoms with E-state index in [2.05, 4.69) is 194 Å².